The van der Waals surface area contributed by atoms with Crippen molar-refractivity contribution in [2.75, 3.05) is 11.9 Å². The molecule has 23 heavy (non-hydrogen) atoms. The molecule has 0 atom stereocenters. The summed E-state index contributed by atoms with van der Waals surface area (Å²) in [5, 5.41) is 9.46. The minimum atomic E-state index is -0.545. The summed E-state index contributed by atoms with van der Waals surface area (Å²) in [5.41, 5.74) is 2.40. The number of aromatic nitrogens is 2. The maximum atomic E-state index is 13.1. The Bertz CT molecular complexity index is 790. The number of benzene rings is 1. The van der Waals surface area contributed by atoms with Gasteiger partial charge in [-0.3, -0.25) is 9.89 Å². The molecular formula is C15H14ClFN4O2. The highest BCUT2D eigenvalue weighted by Gasteiger charge is 2.26. The number of H-pyrrole nitrogens is 1. The average Bonchev–Trinajstić information content (AvgIpc) is 2.94. The van der Waals surface area contributed by atoms with E-state index in [1.54, 1.807) is 4.90 Å². The number of ketones is 1. The van der Waals surface area contributed by atoms with Crippen LogP contribution in [0.15, 0.2) is 18.2 Å². The van der Waals surface area contributed by atoms with E-state index in [4.69, 9.17) is 11.6 Å². The number of anilines is 1. The van der Waals surface area contributed by atoms with Crippen molar-refractivity contribution in [3.8, 4) is 0 Å². The van der Waals surface area contributed by atoms with Gasteiger partial charge in [-0.15, -0.1) is 0 Å². The van der Waals surface area contributed by atoms with Crippen LogP contribution in [-0.4, -0.2) is 33.5 Å². The molecule has 8 heteroatoms. The first-order valence-corrected chi connectivity index (χ1v) is 7.41. The Balaban J connectivity index is 1.75. The number of nitrogens with zero attached hydrogens (tertiary/aromatic N) is 2. The van der Waals surface area contributed by atoms with Crippen LogP contribution < -0.4 is 5.32 Å². The van der Waals surface area contributed by atoms with Crippen LogP contribution in [0.3, 0.4) is 0 Å². The van der Waals surface area contributed by atoms with E-state index < -0.39 is 5.82 Å². The first-order chi connectivity index (χ1) is 11.0. The fourth-order valence-corrected chi connectivity index (χ4v) is 2.72. The number of carbonyl (C=O) groups is 2. The van der Waals surface area contributed by atoms with Gasteiger partial charge in [0.1, 0.15) is 11.5 Å². The minimum Gasteiger partial charge on any atom is -0.320 e. The molecule has 120 valence electrons. The van der Waals surface area contributed by atoms with E-state index in [9.17, 15) is 14.0 Å². The van der Waals surface area contributed by atoms with Gasteiger partial charge in [0.25, 0.3) is 0 Å². The number of nitrogens with one attached hydrogen (secondary N) is 2. The number of amides is 2. The zero-order chi connectivity index (χ0) is 16.6. The highest BCUT2D eigenvalue weighted by Crippen LogP contribution is 2.23. The van der Waals surface area contributed by atoms with E-state index in [2.05, 4.69) is 15.5 Å². The second-order valence-electron chi connectivity index (χ2n) is 5.32. The summed E-state index contributed by atoms with van der Waals surface area (Å²) in [4.78, 5) is 25.5. The third kappa shape index (κ3) is 3.05. The van der Waals surface area contributed by atoms with Crippen LogP contribution >= 0.6 is 11.6 Å². The molecule has 2 aromatic rings. The van der Waals surface area contributed by atoms with Crippen molar-refractivity contribution in [3.63, 3.8) is 0 Å². The summed E-state index contributed by atoms with van der Waals surface area (Å²) in [5.74, 6) is -0.688. The Hall–Kier alpha value is -2.41. The molecule has 2 amide bonds. The molecule has 3 rings (SSSR count). The molecule has 1 aliphatic heterocycles. The molecule has 6 nitrogen and oxygen atoms in total. The number of carbonyl (C=O) groups excluding carboxylic acids is 2. The molecule has 0 unspecified atom stereocenters. The predicted molar refractivity (Wildman–Crippen MR) is 83.1 cm³/mol. The molecule has 1 aromatic heterocycles. The Morgan fingerprint density at radius 2 is 2.22 bits per heavy atom. The van der Waals surface area contributed by atoms with Gasteiger partial charge in [-0.2, -0.15) is 5.10 Å². The first-order valence-electron chi connectivity index (χ1n) is 7.03. The molecule has 0 saturated heterocycles. The van der Waals surface area contributed by atoms with Crippen molar-refractivity contribution in [2.24, 2.45) is 0 Å². The van der Waals surface area contributed by atoms with Crippen molar-refractivity contribution < 1.29 is 14.0 Å². The molecule has 0 spiro atoms. The first kappa shape index (κ1) is 15.5. The SMILES string of the molecule is CC(=O)c1n[nH]c2c1CN(C(=O)Nc1ccc(F)c(Cl)c1)CC2. The summed E-state index contributed by atoms with van der Waals surface area (Å²) in [6, 6.07) is 3.64. The number of fused-ring (bicyclic) bond motifs is 1. The quantitative estimate of drug-likeness (QED) is 0.827. The van der Waals surface area contributed by atoms with Crippen LogP contribution in [0.5, 0.6) is 0 Å². The number of halogens is 2. The monoisotopic (exact) mass is 336 g/mol. The van der Waals surface area contributed by atoms with Gasteiger partial charge < -0.3 is 10.2 Å². The van der Waals surface area contributed by atoms with E-state index in [0.717, 1.165) is 11.3 Å². The van der Waals surface area contributed by atoms with E-state index in [-0.39, 0.29) is 16.8 Å². The number of rotatable bonds is 2. The third-order valence-corrected chi connectivity index (χ3v) is 4.01. The Kier molecular flexibility index (Phi) is 4.04. The maximum Gasteiger partial charge on any atom is 0.322 e. The van der Waals surface area contributed by atoms with Crippen molar-refractivity contribution in [2.45, 2.75) is 19.9 Å². The second-order valence-corrected chi connectivity index (χ2v) is 5.72. The smallest absolute Gasteiger partial charge is 0.320 e. The number of Topliss-reactive ketones (excluding diaryl/α,β-unsaturated/α-hetero) is 1. The van der Waals surface area contributed by atoms with E-state index in [1.165, 1.54) is 25.1 Å². The molecule has 2 heterocycles. The van der Waals surface area contributed by atoms with Crippen molar-refractivity contribution >= 4 is 29.1 Å². The summed E-state index contributed by atoms with van der Waals surface area (Å²) in [6.45, 7) is 2.23. The molecule has 2 N–H and O–H groups in total. The zero-order valence-electron chi connectivity index (χ0n) is 12.3. The van der Waals surface area contributed by atoms with E-state index >= 15 is 0 Å². The van der Waals surface area contributed by atoms with Gasteiger partial charge in [0.15, 0.2) is 5.78 Å². The largest absolute Gasteiger partial charge is 0.322 e. The molecule has 1 aromatic carbocycles. The molecule has 0 fully saturated rings. The highest BCUT2D eigenvalue weighted by atomic mass is 35.5. The molecule has 0 radical (unpaired) electrons. The van der Waals surface area contributed by atoms with Gasteiger partial charge in [-0.05, 0) is 18.2 Å². The molecule has 1 aliphatic rings. The summed E-state index contributed by atoms with van der Waals surface area (Å²) >= 11 is 5.70. The van der Waals surface area contributed by atoms with Gasteiger partial charge >= 0.3 is 6.03 Å². The predicted octanol–water partition coefficient (Wildman–Crippen LogP) is 3.00. The number of hydrogen-bond donors (Lipinski definition) is 2. The number of aromatic amines is 1. The Labute approximate surface area is 136 Å². The van der Waals surface area contributed by atoms with Gasteiger partial charge in [0, 0.05) is 36.8 Å². The topological polar surface area (TPSA) is 78.1 Å². The minimum absolute atomic E-state index is 0.0579. The molecule has 0 aliphatic carbocycles. The van der Waals surface area contributed by atoms with Crippen LogP contribution in [0.4, 0.5) is 14.9 Å². The summed E-state index contributed by atoms with van der Waals surface area (Å²) in [7, 11) is 0. The van der Waals surface area contributed by atoms with Crippen LogP contribution in [0, 0.1) is 5.82 Å². The lowest BCUT2D eigenvalue weighted by atomic mass is 10.0. The van der Waals surface area contributed by atoms with Crippen LogP contribution in [0.1, 0.15) is 28.7 Å². The normalized spacial score (nSPS) is 13.6. The third-order valence-electron chi connectivity index (χ3n) is 3.73. The van der Waals surface area contributed by atoms with Crippen LogP contribution in [-0.2, 0) is 13.0 Å². The Morgan fingerprint density at radius 1 is 1.43 bits per heavy atom. The Morgan fingerprint density at radius 3 is 2.91 bits per heavy atom. The summed E-state index contributed by atoms with van der Waals surface area (Å²) < 4.78 is 13.1. The van der Waals surface area contributed by atoms with Crippen LogP contribution in [0.2, 0.25) is 5.02 Å². The molecule has 0 saturated carbocycles. The average molecular weight is 337 g/mol. The molecular weight excluding hydrogens is 323 g/mol. The van der Waals surface area contributed by atoms with Gasteiger partial charge in [-0.1, -0.05) is 11.6 Å². The fraction of sp³-hybridized carbons (Fsp3) is 0.267. The highest BCUT2D eigenvalue weighted by molar-refractivity contribution is 6.31. The fourth-order valence-electron chi connectivity index (χ4n) is 2.54. The lowest BCUT2D eigenvalue weighted by Crippen LogP contribution is -2.39. The lowest BCUT2D eigenvalue weighted by Gasteiger charge is -2.27. The van der Waals surface area contributed by atoms with Crippen molar-refractivity contribution in [1.82, 2.24) is 15.1 Å². The van der Waals surface area contributed by atoms with Gasteiger partial charge in [0.2, 0.25) is 0 Å². The zero-order valence-corrected chi connectivity index (χ0v) is 13.1. The lowest BCUT2D eigenvalue weighted by molar-refractivity contribution is 0.101. The van der Waals surface area contributed by atoms with Gasteiger partial charge in [0.05, 0.1) is 11.6 Å². The summed E-state index contributed by atoms with van der Waals surface area (Å²) in [6.07, 6.45) is 0.590. The van der Waals surface area contributed by atoms with Crippen molar-refractivity contribution in [3.05, 3.63) is 46.0 Å². The number of urea groups is 1. The second kappa shape index (κ2) is 6.00. The van der Waals surface area contributed by atoms with Crippen LogP contribution in [0.25, 0.3) is 0 Å². The standard InChI is InChI=1S/C15H14ClFN4O2/c1-8(22)14-10-7-21(5-4-13(10)19-20-14)15(23)18-9-2-3-12(17)11(16)6-9/h2-3,6H,4-5,7H2,1H3,(H,18,23)(H,19,20). The van der Waals surface area contributed by atoms with Gasteiger partial charge in [-0.25, -0.2) is 9.18 Å². The van der Waals surface area contributed by atoms with Crippen molar-refractivity contribution in [1.29, 1.82) is 0 Å². The van der Waals surface area contributed by atoms with E-state index in [0.29, 0.717) is 30.9 Å². The molecule has 0 bridgehead atoms. The van der Waals surface area contributed by atoms with E-state index in [1.807, 2.05) is 0 Å². The maximum absolute atomic E-state index is 13.1. The number of hydrogen-bond acceptors (Lipinski definition) is 3.